The highest BCUT2D eigenvalue weighted by Gasteiger charge is 2.03. The van der Waals surface area contributed by atoms with Crippen LogP contribution < -0.4 is 5.43 Å². The lowest BCUT2D eigenvalue weighted by Crippen LogP contribution is -2.19. The van der Waals surface area contributed by atoms with Crippen molar-refractivity contribution in [2.75, 3.05) is 0 Å². The second kappa shape index (κ2) is 11.9. The summed E-state index contributed by atoms with van der Waals surface area (Å²) in [4.78, 5) is 11.9. The minimum atomic E-state index is 0.0246. The number of aryl methyl sites for hydroxylation is 1. The predicted octanol–water partition coefficient (Wildman–Crippen LogP) is 5.37. The van der Waals surface area contributed by atoms with Gasteiger partial charge in [0.2, 0.25) is 5.91 Å². The first-order valence-electron chi connectivity index (χ1n) is 9.09. The molecule has 3 heteroatoms. The molecular formula is C20H32N2O. The zero-order valence-electron chi connectivity index (χ0n) is 15.0. The van der Waals surface area contributed by atoms with Gasteiger partial charge in [-0.25, -0.2) is 5.43 Å². The Hall–Kier alpha value is -1.64. The summed E-state index contributed by atoms with van der Waals surface area (Å²) in [6.07, 6.45) is 9.93. The van der Waals surface area contributed by atoms with Gasteiger partial charge in [-0.15, -0.1) is 0 Å². The molecule has 1 amide bonds. The number of hydrogen-bond acceptors (Lipinski definition) is 2. The van der Waals surface area contributed by atoms with Crippen molar-refractivity contribution in [1.29, 1.82) is 0 Å². The lowest BCUT2D eigenvalue weighted by Gasteiger charge is -2.06. The molecule has 3 nitrogen and oxygen atoms in total. The Morgan fingerprint density at radius 1 is 0.957 bits per heavy atom. The molecule has 0 saturated carbocycles. The van der Waals surface area contributed by atoms with Crippen LogP contribution in [0.25, 0.3) is 0 Å². The zero-order valence-corrected chi connectivity index (χ0v) is 15.0. The van der Waals surface area contributed by atoms with Gasteiger partial charge in [0.1, 0.15) is 0 Å². The number of carbonyl (C=O) groups excluding carboxylic acids is 1. The summed E-state index contributed by atoms with van der Waals surface area (Å²) in [7, 11) is 0. The Kier molecular flexibility index (Phi) is 10.0. The van der Waals surface area contributed by atoms with Crippen molar-refractivity contribution in [1.82, 2.24) is 5.43 Å². The first-order chi connectivity index (χ1) is 11.2. The number of carbonyl (C=O) groups is 1. The number of unbranched alkanes of at least 4 members (excludes halogenated alkanes) is 6. The maximum Gasteiger partial charge on any atom is 0.240 e. The van der Waals surface area contributed by atoms with E-state index in [2.05, 4.69) is 55.6 Å². The van der Waals surface area contributed by atoms with E-state index >= 15 is 0 Å². The molecule has 0 saturated heterocycles. The highest BCUT2D eigenvalue weighted by molar-refractivity contribution is 6.00. The lowest BCUT2D eigenvalue weighted by atomic mass is 10.1. The molecule has 0 atom stereocenters. The number of hydrogen-bond donors (Lipinski definition) is 1. The highest BCUT2D eigenvalue weighted by atomic mass is 16.2. The van der Waals surface area contributed by atoms with Crippen molar-refractivity contribution in [3.63, 3.8) is 0 Å². The lowest BCUT2D eigenvalue weighted by molar-refractivity contribution is -0.121. The summed E-state index contributed by atoms with van der Waals surface area (Å²) in [6.45, 7) is 6.35. The number of hydrazone groups is 1. The topological polar surface area (TPSA) is 41.5 Å². The molecule has 1 aromatic carbocycles. The van der Waals surface area contributed by atoms with Gasteiger partial charge in [0.25, 0.3) is 0 Å². The molecule has 0 fully saturated rings. The number of nitrogens with one attached hydrogen (secondary N) is 1. The van der Waals surface area contributed by atoms with Gasteiger partial charge in [-0.3, -0.25) is 4.79 Å². The molecule has 0 aliphatic carbocycles. The van der Waals surface area contributed by atoms with Crippen LogP contribution >= 0.6 is 0 Å². The van der Waals surface area contributed by atoms with Crippen LogP contribution in [0.2, 0.25) is 0 Å². The minimum absolute atomic E-state index is 0.0246. The van der Waals surface area contributed by atoms with Crippen LogP contribution in [0.4, 0.5) is 0 Å². The molecule has 0 radical (unpaired) electrons. The van der Waals surface area contributed by atoms with Crippen molar-refractivity contribution < 1.29 is 4.79 Å². The molecule has 0 aromatic heterocycles. The van der Waals surface area contributed by atoms with Gasteiger partial charge >= 0.3 is 0 Å². The largest absolute Gasteiger partial charge is 0.273 e. The Labute approximate surface area is 141 Å². The van der Waals surface area contributed by atoms with Gasteiger partial charge in [0.05, 0.1) is 5.71 Å². The second-order valence-electron chi connectivity index (χ2n) is 6.18. The van der Waals surface area contributed by atoms with Crippen LogP contribution in [0.1, 0.15) is 82.8 Å². The van der Waals surface area contributed by atoms with Gasteiger partial charge in [-0.1, -0.05) is 82.2 Å². The third kappa shape index (κ3) is 8.53. The van der Waals surface area contributed by atoms with E-state index in [1.54, 1.807) is 0 Å². The van der Waals surface area contributed by atoms with Crippen LogP contribution in [-0.4, -0.2) is 11.6 Å². The monoisotopic (exact) mass is 316 g/mol. The molecule has 0 spiro atoms. The number of rotatable bonds is 11. The second-order valence-corrected chi connectivity index (χ2v) is 6.18. The van der Waals surface area contributed by atoms with E-state index in [9.17, 15) is 4.79 Å². The van der Waals surface area contributed by atoms with Crippen LogP contribution in [0.15, 0.2) is 29.4 Å². The number of benzene rings is 1. The Morgan fingerprint density at radius 3 is 2.17 bits per heavy atom. The average molecular weight is 316 g/mol. The zero-order chi connectivity index (χ0) is 16.9. The van der Waals surface area contributed by atoms with Crippen LogP contribution in [-0.2, 0) is 4.79 Å². The van der Waals surface area contributed by atoms with Crippen molar-refractivity contribution in [3.05, 3.63) is 35.4 Å². The fraction of sp³-hybridized carbons (Fsp3) is 0.600. The van der Waals surface area contributed by atoms with E-state index < -0.39 is 0 Å². The van der Waals surface area contributed by atoms with E-state index in [0.717, 1.165) is 30.5 Å². The SMILES string of the molecule is CCCCCCCCCC(=O)N/N=C(\CC)c1ccc(C)cc1. The summed E-state index contributed by atoms with van der Waals surface area (Å²) >= 11 is 0. The smallest absolute Gasteiger partial charge is 0.240 e. The fourth-order valence-corrected chi connectivity index (χ4v) is 2.52. The van der Waals surface area contributed by atoms with Crippen LogP contribution in [0.5, 0.6) is 0 Å². The summed E-state index contributed by atoms with van der Waals surface area (Å²) in [5.74, 6) is 0.0246. The summed E-state index contributed by atoms with van der Waals surface area (Å²) < 4.78 is 0. The van der Waals surface area contributed by atoms with Crippen molar-refractivity contribution in [2.45, 2.75) is 78.6 Å². The molecule has 1 rings (SSSR count). The maximum atomic E-state index is 11.9. The standard InChI is InChI=1S/C20H32N2O/c1-4-6-7-8-9-10-11-12-20(23)22-21-19(5-2)18-15-13-17(3)14-16-18/h13-16H,4-12H2,1-3H3,(H,22,23)/b21-19+. The van der Waals surface area contributed by atoms with E-state index in [4.69, 9.17) is 0 Å². The van der Waals surface area contributed by atoms with Gasteiger partial charge < -0.3 is 0 Å². The normalized spacial score (nSPS) is 11.5. The van der Waals surface area contributed by atoms with Gasteiger partial charge in [0, 0.05) is 6.42 Å². The highest BCUT2D eigenvalue weighted by Crippen LogP contribution is 2.09. The van der Waals surface area contributed by atoms with E-state index in [-0.39, 0.29) is 5.91 Å². The molecule has 1 aromatic rings. The summed E-state index contributed by atoms with van der Waals surface area (Å²) in [5.41, 5.74) is 5.94. The third-order valence-corrected chi connectivity index (χ3v) is 4.04. The van der Waals surface area contributed by atoms with E-state index in [1.807, 2.05) is 0 Å². The van der Waals surface area contributed by atoms with E-state index in [0.29, 0.717) is 6.42 Å². The predicted molar refractivity (Wildman–Crippen MR) is 98.8 cm³/mol. The first-order valence-corrected chi connectivity index (χ1v) is 9.09. The summed E-state index contributed by atoms with van der Waals surface area (Å²) in [5, 5.41) is 4.30. The molecule has 23 heavy (non-hydrogen) atoms. The van der Waals surface area contributed by atoms with Crippen molar-refractivity contribution in [3.8, 4) is 0 Å². The molecule has 0 aliphatic rings. The van der Waals surface area contributed by atoms with Crippen molar-refractivity contribution >= 4 is 11.6 Å². The number of amides is 1. The van der Waals surface area contributed by atoms with Crippen LogP contribution in [0, 0.1) is 6.92 Å². The molecule has 128 valence electrons. The van der Waals surface area contributed by atoms with Gasteiger partial charge in [-0.05, 0) is 25.3 Å². The number of nitrogens with zero attached hydrogens (tertiary/aromatic N) is 1. The summed E-state index contributed by atoms with van der Waals surface area (Å²) in [6, 6.07) is 8.25. The maximum absolute atomic E-state index is 11.9. The average Bonchev–Trinajstić information content (AvgIpc) is 2.56. The molecule has 0 aliphatic heterocycles. The van der Waals surface area contributed by atoms with Gasteiger partial charge in [-0.2, -0.15) is 5.10 Å². The van der Waals surface area contributed by atoms with Crippen LogP contribution in [0.3, 0.4) is 0 Å². The Morgan fingerprint density at radius 2 is 1.57 bits per heavy atom. The van der Waals surface area contributed by atoms with E-state index in [1.165, 1.54) is 37.7 Å². The minimum Gasteiger partial charge on any atom is -0.273 e. The molecule has 0 heterocycles. The third-order valence-electron chi connectivity index (χ3n) is 4.04. The molecule has 0 bridgehead atoms. The quantitative estimate of drug-likeness (QED) is 0.333. The van der Waals surface area contributed by atoms with Gasteiger partial charge in [0.15, 0.2) is 0 Å². The molecular weight excluding hydrogens is 284 g/mol. The Balaban J connectivity index is 2.28. The molecule has 1 N–H and O–H groups in total. The fourth-order valence-electron chi connectivity index (χ4n) is 2.52. The Bertz CT molecular complexity index is 477. The molecule has 0 unspecified atom stereocenters. The van der Waals surface area contributed by atoms with Crippen molar-refractivity contribution in [2.24, 2.45) is 5.10 Å². The first kappa shape index (κ1) is 19.4.